The Kier molecular flexibility index (Phi) is 3.50. The van der Waals surface area contributed by atoms with Crippen LogP contribution in [0.15, 0.2) is 0 Å². The van der Waals surface area contributed by atoms with Gasteiger partial charge in [-0.1, -0.05) is 6.92 Å². The lowest BCUT2D eigenvalue weighted by Gasteiger charge is -2.25. The number of hydrogen-bond donors (Lipinski definition) is 2. The fraction of sp³-hybridized carbons (Fsp3) is 1.00. The van der Waals surface area contributed by atoms with Gasteiger partial charge in [0.25, 0.3) is 0 Å². The normalized spacial score (nSPS) is 32.2. The summed E-state index contributed by atoms with van der Waals surface area (Å²) in [5, 5.41) is 12.2. The molecule has 1 aliphatic rings. The van der Waals surface area contributed by atoms with Gasteiger partial charge in [0.05, 0.1) is 6.61 Å². The molecule has 0 spiro atoms. The number of ether oxygens (including phenoxy) is 1. The van der Waals surface area contributed by atoms with Crippen LogP contribution in [-0.2, 0) is 4.74 Å². The molecule has 1 rings (SSSR count). The molecule has 2 atom stereocenters. The zero-order valence-corrected chi connectivity index (χ0v) is 7.97. The fourth-order valence-electron chi connectivity index (χ4n) is 1.29. The highest BCUT2D eigenvalue weighted by molar-refractivity contribution is 4.87. The Morgan fingerprint density at radius 2 is 2.42 bits per heavy atom. The summed E-state index contributed by atoms with van der Waals surface area (Å²) in [6, 6.07) is 0. The van der Waals surface area contributed by atoms with Crippen LogP contribution >= 0.6 is 0 Å². The first kappa shape index (κ1) is 9.96. The summed E-state index contributed by atoms with van der Waals surface area (Å²) in [7, 11) is 0. The van der Waals surface area contributed by atoms with Gasteiger partial charge in [0.1, 0.15) is 0 Å². The Morgan fingerprint density at radius 3 is 2.92 bits per heavy atom. The van der Waals surface area contributed by atoms with Gasteiger partial charge in [-0.2, -0.15) is 0 Å². The number of aliphatic hydroxyl groups excluding tert-OH is 1. The molecule has 1 saturated heterocycles. The molecule has 0 radical (unpaired) electrons. The quantitative estimate of drug-likeness (QED) is 0.646. The van der Waals surface area contributed by atoms with Crippen molar-refractivity contribution in [2.45, 2.75) is 25.8 Å². The molecule has 1 fully saturated rings. The first-order chi connectivity index (χ1) is 5.66. The minimum absolute atomic E-state index is 0.142. The van der Waals surface area contributed by atoms with Crippen molar-refractivity contribution in [3.8, 4) is 0 Å². The molecule has 0 saturated carbocycles. The molecule has 0 amide bonds. The Bertz CT molecular complexity index is 132. The smallest absolute Gasteiger partial charge is 0.0646 e. The lowest BCUT2D eigenvalue weighted by atomic mass is 10.0. The molecule has 0 aromatic carbocycles. The van der Waals surface area contributed by atoms with E-state index in [1.54, 1.807) is 0 Å². The van der Waals surface area contributed by atoms with Crippen molar-refractivity contribution in [2.24, 2.45) is 5.92 Å². The highest BCUT2D eigenvalue weighted by Gasteiger charge is 2.28. The van der Waals surface area contributed by atoms with Crippen LogP contribution in [0.4, 0.5) is 0 Å². The summed E-state index contributed by atoms with van der Waals surface area (Å²) in [6.07, 6.45) is 1.07. The van der Waals surface area contributed by atoms with Crippen molar-refractivity contribution in [2.75, 3.05) is 26.4 Å². The summed E-state index contributed by atoms with van der Waals surface area (Å²) in [5.41, 5.74) is 0.142. The third-order valence-corrected chi connectivity index (χ3v) is 2.41. The van der Waals surface area contributed by atoms with Crippen LogP contribution in [0.25, 0.3) is 0 Å². The Hall–Kier alpha value is -0.120. The van der Waals surface area contributed by atoms with Gasteiger partial charge in [-0.05, 0) is 19.3 Å². The molecule has 0 bridgehead atoms. The molecule has 3 nitrogen and oxygen atoms in total. The van der Waals surface area contributed by atoms with Gasteiger partial charge in [0, 0.05) is 25.3 Å². The highest BCUT2D eigenvalue weighted by Crippen LogP contribution is 2.17. The van der Waals surface area contributed by atoms with Crippen LogP contribution in [0.3, 0.4) is 0 Å². The van der Waals surface area contributed by atoms with Crippen LogP contribution in [0.5, 0.6) is 0 Å². The summed E-state index contributed by atoms with van der Waals surface area (Å²) in [6.45, 7) is 6.98. The Labute approximate surface area is 74.1 Å². The molecule has 1 heterocycles. The van der Waals surface area contributed by atoms with E-state index in [0.717, 1.165) is 26.2 Å². The van der Waals surface area contributed by atoms with Crippen LogP contribution in [0, 0.1) is 5.92 Å². The average Bonchev–Trinajstić information content (AvgIpc) is 2.49. The molecule has 2 unspecified atom stereocenters. The molecule has 0 aliphatic carbocycles. The molecular weight excluding hydrogens is 154 g/mol. The summed E-state index contributed by atoms with van der Waals surface area (Å²) in [4.78, 5) is 0. The molecule has 72 valence electrons. The van der Waals surface area contributed by atoms with E-state index in [4.69, 9.17) is 9.84 Å². The van der Waals surface area contributed by atoms with E-state index in [-0.39, 0.29) is 12.1 Å². The molecular formula is C9H19NO2. The zero-order valence-electron chi connectivity index (χ0n) is 7.97. The fourth-order valence-corrected chi connectivity index (χ4v) is 1.29. The monoisotopic (exact) mass is 173 g/mol. The maximum Gasteiger partial charge on any atom is 0.0646 e. The molecule has 12 heavy (non-hydrogen) atoms. The second-order valence-electron chi connectivity index (χ2n) is 4.03. The Balaban J connectivity index is 2.21. The molecule has 2 N–H and O–H groups in total. The van der Waals surface area contributed by atoms with Gasteiger partial charge >= 0.3 is 0 Å². The zero-order chi connectivity index (χ0) is 9.03. The highest BCUT2D eigenvalue weighted by atomic mass is 16.5. The minimum Gasteiger partial charge on any atom is -0.396 e. The van der Waals surface area contributed by atoms with Gasteiger partial charge in [0.15, 0.2) is 0 Å². The van der Waals surface area contributed by atoms with Crippen LogP contribution in [-0.4, -0.2) is 37.0 Å². The standard InChI is InChI=1S/C9H19NO2/c1-8(6-11)5-10-9(2)3-4-12-7-9/h8,10-11H,3-7H2,1-2H3. The third kappa shape index (κ3) is 2.73. The average molecular weight is 173 g/mol. The van der Waals surface area contributed by atoms with E-state index in [2.05, 4.69) is 12.2 Å². The van der Waals surface area contributed by atoms with Gasteiger partial charge in [0.2, 0.25) is 0 Å². The number of rotatable bonds is 4. The summed E-state index contributed by atoms with van der Waals surface area (Å²) >= 11 is 0. The van der Waals surface area contributed by atoms with Crippen LogP contribution < -0.4 is 5.32 Å². The van der Waals surface area contributed by atoms with E-state index in [1.165, 1.54) is 0 Å². The maximum atomic E-state index is 8.82. The van der Waals surface area contributed by atoms with E-state index in [9.17, 15) is 0 Å². The van der Waals surface area contributed by atoms with E-state index in [1.807, 2.05) is 6.92 Å². The van der Waals surface area contributed by atoms with Crippen molar-refractivity contribution in [3.63, 3.8) is 0 Å². The van der Waals surface area contributed by atoms with Gasteiger partial charge in [-0.15, -0.1) is 0 Å². The largest absolute Gasteiger partial charge is 0.396 e. The predicted molar refractivity (Wildman–Crippen MR) is 48.1 cm³/mol. The maximum absolute atomic E-state index is 8.82. The number of hydrogen-bond acceptors (Lipinski definition) is 3. The summed E-state index contributed by atoms with van der Waals surface area (Å²) in [5.74, 6) is 0.336. The Morgan fingerprint density at radius 1 is 1.67 bits per heavy atom. The van der Waals surface area contributed by atoms with Crippen molar-refractivity contribution in [1.29, 1.82) is 0 Å². The van der Waals surface area contributed by atoms with E-state index < -0.39 is 0 Å². The molecule has 0 aromatic rings. The van der Waals surface area contributed by atoms with Crippen LogP contribution in [0.1, 0.15) is 20.3 Å². The van der Waals surface area contributed by atoms with Crippen LogP contribution in [0.2, 0.25) is 0 Å². The summed E-state index contributed by atoms with van der Waals surface area (Å²) < 4.78 is 5.30. The first-order valence-corrected chi connectivity index (χ1v) is 4.60. The van der Waals surface area contributed by atoms with Crippen molar-refractivity contribution < 1.29 is 9.84 Å². The predicted octanol–water partition coefficient (Wildman–Crippen LogP) is 0.383. The topological polar surface area (TPSA) is 41.5 Å². The van der Waals surface area contributed by atoms with Crippen molar-refractivity contribution >= 4 is 0 Å². The first-order valence-electron chi connectivity index (χ1n) is 4.60. The van der Waals surface area contributed by atoms with E-state index >= 15 is 0 Å². The minimum atomic E-state index is 0.142. The SMILES string of the molecule is CC(CO)CNC1(C)CCOC1. The van der Waals surface area contributed by atoms with Gasteiger partial charge < -0.3 is 15.2 Å². The van der Waals surface area contributed by atoms with Crippen molar-refractivity contribution in [3.05, 3.63) is 0 Å². The third-order valence-electron chi connectivity index (χ3n) is 2.41. The second kappa shape index (κ2) is 4.21. The lowest BCUT2D eigenvalue weighted by molar-refractivity contribution is 0.165. The molecule has 1 aliphatic heterocycles. The lowest BCUT2D eigenvalue weighted by Crippen LogP contribution is -2.45. The van der Waals surface area contributed by atoms with E-state index in [0.29, 0.717) is 5.92 Å². The molecule has 3 heteroatoms. The molecule has 0 aromatic heterocycles. The van der Waals surface area contributed by atoms with Crippen molar-refractivity contribution in [1.82, 2.24) is 5.32 Å². The second-order valence-corrected chi connectivity index (χ2v) is 4.03. The number of aliphatic hydroxyl groups is 1. The number of nitrogens with one attached hydrogen (secondary N) is 1. The van der Waals surface area contributed by atoms with Gasteiger partial charge in [-0.25, -0.2) is 0 Å². The van der Waals surface area contributed by atoms with Gasteiger partial charge in [-0.3, -0.25) is 0 Å².